The van der Waals surface area contributed by atoms with Gasteiger partial charge in [-0.1, -0.05) is 0 Å². The Labute approximate surface area is 98.9 Å². The van der Waals surface area contributed by atoms with Gasteiger partial charge in [-0.05, 0) is 23.9 Å². The molecule has 0 aliphatic carbocycles. The minimum absolute atomic E-state index is 0.303. The Morgan fingerprint density at radius 3 is 2.76 bits per heavy atom. The summed E-state index contributed by atoms with van der Waals surface area (Å²) in [7, 11) is 1.57. The highest BCUT2D eigenvalue weighted by Crippen LogP contribution is 2.21. The first-order chi connectivity index (χ1) is 8.06. The average molecular weight is 252 g/mol. The molecule has 0 spiro atoms. The van der Waals surface area contributed by atoms with E-state index in [1.165, 1.54) is 4.68 Å². The smallest absolute Gasteiger partial charge is 0.339 e. The van der Waals surface area contributed by atoms with Crippen molar-refractivity contribution in [3.05, 3.63) is 32.8 Å². The van der Waals surface area contributed by atoms with Crippen molar-refractivity contribution in [2.24, 2.45) is 7.05 Å². The van der Waals surface area contributed by atoms with Crippen molar-refractivity contribution in [2.45, 2.75) is 10.2 Å². The van der Waals surface area contributed by atoms with Gasteiger partial charge in [0.15, 0.2) is 5.16 Å². The van der Waals surface area contributed by atoms with Gasteiger partial charge in [-0.3, -0.25) is 19.4 Å². The van der Waals surface area contributed by atoms with Crippen molar-refractivity contribution >= 4 is 17.6 Å². The average Bonchev–Trinajstić information content (AvgIpc) is 2.29. The van der Waals surface area contributed by atoms with E-state index in [4.69, 9.17) is 5.73 Å². The molecule has 0 aliphatic heterocycles. The molecule has 2 aromatic heterocycles. The van der Waals surface area contributed by atoms with Crippen LogP contribution in [0.5, 0.6) is 0 Å². The van der Waals surface area contributed by atoms with Gasteiger partial charge < -0.3 is 5.73 Å². The molecule has 0 amide bonds. The molecule has 0 aliphatic rings. The van der Waals surface area contributed by atoms with Gasteiger partial charge in [0.25, 0.3) is 0 Å². The number of hydrogen-bond acceptors (Lipinski definition) is 7. The topological polar surface area (TPSA) is 120 Å². The van der Waals surface area contributed by atoms with E-state index in [1.54, 1.807) is 19.2 Å². The maximum Gasteiger partial charge on any atom is 0.339 e. The van der Waals surface area contributed by atoms with Gasteiger partial charge in [0.1, 0.15) is 10.8 Å². The summed E-state index contributed by atoms with van der Waals surface area (Å²) in [5, 5.41) is 10.6. The van der Waals surface area contributed by atoms with Crippen LogP contribution in [0.4, 0.5) is 5.82 Å². The Kier molecular flexibility index (Phi) is 2.91. The summed E-state index contributed by atoms with van der Waals surface area (Å²) >= 11 is 1.10. The number of nitrogen functional groups attached to an aromatic ring is 1. The summed E-state index contributed by atoms with van der Waals surface area (Å²) in [6.45, 7) is 0. The lowest BCUT2D eigenvalue weighted by molar-refractivity contribution is 0.596. The van der Waals surface area contributed by atoms with Crippen LogP contribution in [-0.2, 0) is 7.05 Å². The van der Waals surface area contributed by atoms with Gasteiger partial charge in [0, 0.05) is 7.05 Å². The lowest BCUT2D eigenvalue weighted by Crippen LogP contribution is -2.33. The summed E-state index contributed by atoms with van der Waals surface area (Å²) in [5.41, 5.74) is 3.79. The number of aromatic nitrogens is 5. The standard InChI is InChI=1S/C8H8N6O2S/c1-14-8(10-6(15)7(16)13-14)17-5-3-2-4(9)11-12-5/h2-3H,1H3,(H2,9,11)(H,13,16). The minimum atomic E-state index is -0.839. The lowest BCUT2D eigenvalue weighted by atomic mass is 10.5. The zero-order valence-electron chi connectivity index (χ0n) is 8.75. The van der Waals surface area contributed by atoms with E-state index >= 15 is 0 Å². The number of nitrogens with two attached hydrogens (primary N) is 1. The second kappa shape index (κ2) is 4.37. The first-order valence-corrected chi connectivity index (χ1v) is 5.32. The summed E-state index contributed by atoms with van der Waals surface area (Å²) in [6, 6.07) is 3.23. The molecule has 3 N–H and O–H groups in total. The van der Waals surface area contributed by atoms with Gasteiger partial charge in [-0.15, -0.1) is 10.2 Å². The minimum Gasteiger partial charge on any atom is -0.382 e. The molecule has 8 nitrogen and oxygen atoms in total. The fourth-order valence-electron chi connectivity index (χ4n) is 1.03. The van der Waals surface area contributed by atoms with E-state index in [2.05, 4.69) is 20.3 Å². The van der Waals surface area contributed by atoms with Crippen LogP contribution < -0.4 is 16.9 Å². The Bertz CT molecular complexity index is 646. The number of aryl methyl sites for hydroxylation is 1. The van der Waals surface area contributed by atoms with E-state index in [-0.39, 0.29) is 0 Å². The summed E-state index contributed by atoms with van der Waals surface area (Å²) in [6.07, 6.45) is 0. The van der Waals surface area contributed by atoms with Gasteiger partial charge in [-0.25, -0.2) is 0 Å². The molecule has 2 rings (SSSR count). The SMILES string of the molecule is Cn1[nH]c(=O)c(=O)nc1Sc1ccc(N)nn1. The molecule has 0 atom stereocenters. The van der Waals surface area contributed by atoms with Crippen LogP contribution in [0.15, 0.2) is 31.9 Å². The van der Waals surface area contributed by atoms with Crippen LogP contribution in [0.2, 0.25) is 0 Å². The Morgan fingerprint density at radius 2 is 2.12 bits per heavy atom. The molecule has 0 saturated carbocycles. The Morgan fingerprint density at radius 1 is 1.35 bits per heavy atom. The van der Waals surface area contributed by atoms with Crippen LogP contribution >= 0.6 is 11.8 Å². The predicted octanol–water partition coefficient (Wildman–Crippen LogP) is -1.01. The Hall–Kier alpha value is -2.16. The number of nitrogens with one attached hydrogen (secondary N) is 1. The van der Waals surface area contributed by atoms with E-state index in [9.17, 15) is 9.59 Å². The maximum atomic E-state index is 11.1. The molecule has 0 fully saturated rings. The molecule has 0 bridgehead atoms. The number of hydrogen-bond donors (Lipinski definition) is 2. The van der Waals surface area contributed by atoms with E-state index < -0.39 is 11.1 Å². The van der Waals surface area contributed by atoms with Crippen molar-refractivity contribution < 1.29 is 0 Å². The second-order valence-electron chi connectivity index (χ2n) is 3.10. The first-order valence-electron chi connectivity index (χ1n) is 4.50. The van der Waals surface area contributed by atoms with Crippen LogP contribution in [-0.4, -0.2) is 25.0 Å². The van der Waals surface area contributed by atoms with E-state index in [0.717, 1.165) is 11.8 Å². The summed E-state index contributed by atoms with van der Waals surface area (Å²) < 4.78 is 1.34. The Balaban J connectivity index is 2.36. The van der Waals surface area contributed by atoms with Crippen LogP contribution in [0.25, 0.3) is 0 Å². The third-order valence-electron chi connectivity index (χ3n) is 1.80. The van der Waals surface area contributed by atoms with Crippen LogP contribution in [0.3, 0.4) is 0 Å². The third kappa shape index (κ3) is 2.50. The predicted molar refractivity (Wildman–Crippen MR) is 60.7 cm³/mol. The fourth-order valence-corrected chi connectivity index (χ4v) is 1.75. The highest BCUT2D eigenvalue weighted by Gasteiger charge is 2.07. The molecule has 0 unspecified atom stereocenters. The third-order valence-corrected chi connectivity index (χ3v) is 2.78. The number of H-pyrrole nitrogens is 1. The van der Waals surface area contributed by atoms with Crippen LogP contribution in [0.1, 0.15) is 0 Å². The monoisotopic (exact) mass is 252 g/mol. The zero-order chi connectivity index (χ0) is 12.4. The van der Waals surface area contributed by atoms with Gasteiger partial charge >= 0.3 is 11.1 Å². The van der Waals surface area contributed by atoms with Crippen molar-refractivity contribution in [3.63, 3.8) is 0 Å². The number of rotatable bonds is 2. The number of anilines is 1. The fraction of sp³-hybridized carbons (Fsp3) is 0.125. The molecule has 0 aromatic carbocycles. The van der Waals surface area contributed by atoms with Crippen molar-refractivity contribution in [3.8, 4) is 0 Å². The molecule has 0 saturated heterocycles. The quantitative estimate of drug-likeness (QED) is 0.657. The summed E-state index contributed by atoms with van der Waals surface area (Å²) in [4.78, 5) is 25.7. The number of nitrogens with zero attached hydrogens (tertiary/aromatic N) is 4. The molecule has 17 heavy (non-hydrogen) atoms. The highest BCUT2D eigenvalue weighted by atomic mass is 32.2. The van der Waals surface area contributed by atoms with Crippen molar-refractivity contribution in [2.75, 3.05) is 5.73 Å². The first kappa shape index (κ1) is 11.3. The number of aromatic amines is 1. The maximum absolute atomic E-state index is 11.1. The van der Waals surface area contributed by atoms with E-state index in [1.807, 2.05) is 0 Å². The van der Waals surface area contributed by atoms with Gasteiger partial charge in [0.05, 0.1) is 0 Å². The second-order valence-corrected chi connectivity index (χ2v) is 4.09. The van der Waals surface area contributed by atoms with Gasteiger partial charge in [-0.2, -0.15) is 4.98 Å². The molecule has 88 valence electrons. The molecular formula is C8H8N6O2S. The summed E-state index contributed by atoms with van der Waals surface area (Å²) in [5.74, 6) is 0.303. The molecule has 2 aromatic rings. The van der Waals surface area contributed by atoms with Crippen LogP contribution in [0, 0.1) is 0 Å². The molecule has 2 heterocycles. The van der Waals surface area contributed by atoms with Crippen molar-refractivity contribution in [1.29, 1.82) is 0 Å². The molecule has 9 heteroatoms. The highest BCUT2D eigenvalue weighted by molar-refractivity contribution is 7.99. The largest absolute Gasteiger partial charge is 0.382 e. The lowest BCUT2D eigenvalue weighted by Gasteiger charge is -2.04. The van der Waals surface area contributed by atoms with Gasteiger partial charge in [0.2, 0.25) is 0 Å². The van der Waals surface area contributed by atoms with E-state index in [0.29, 0.717) is 16.0 Å². The normalized spacial score (nSPS) is 10.4. The zero-order valence-corrected chi connectivity index (χ0v) is 9.56. The molecule has 0 radical (unpaired) electrons. The molecular weight excluding hydrogens is 244 g/mol. The van der Waals surface area contributed by atoms with Crippen molar-refractivity contribution in [1.82, 2.24) is 25.0 Å².